The number of halogens is 2. The van der Waals surface area contributed by atoms with Gasteiger partial charge in [-0.15, -0.1) is 11.3 Å². The van der Waals surface area contributed by atoms with Gasteiger partial charge in [0, 0.05) is 5.56 Å². The molecule has 0 saturated heterocycles. The quantitative estimate of drug-likeness (QED) is 0.730. The molecule has 0 N–H and O–H groups in total. The molecule has 0 radical (unpaired) electrons. The summed E-state index contributed by atoms with van der Waals surface area (Å²) < 4.78 is 1.68. The van der Waals surface area contributed by atoms with Crippen LogP contribution >= 0.6 is 43.2 Å². The van der Waals surface area contributed by atoms with Crippen LogP contribution in [-0.2, 0) is 0 Å². The topological polar surface area (TPSA) is 40.9 Å². The van der Waals surface area contributed by atoms with Gasteiger partial charge < -0.3 is 0 Å². The maximum atomic E-state index is 12.1. The Morgan fingerprint density at radius 1 is 1.56 bits per heavy atom. The lowest BCUT2D eigenvalue weighted by Crippen LogP contribution is -2.15. The lowest BCUT2D eigenvalue weighted by Gasteiger charge is -2.09. The first-order chi connectivity index (χ1) is 7.45. The van der Waals surface area contributed by atoms with Crippen LogP contribution in [-0.4, -0.2) is 5.78 Å². The third kappa shape index (κ3) is 3.41. The van der Waals surface area contributed by atoms with Crippen molar-refractivity contribution in [2.24, 2.45) is 11.8 Å². The average Bonchev–Trinajstić information content (AvgIpc) is 2.53. The average molecular weight is 365 g/mol. The van der Waals surface area contributed by atoms with E-state index in [-0.39, 0.29) is 5.78 Å². The summed E-state index contributed by atoms with van der Waals surface area (Å²) in [7, 11) is 0. The van der Waals surface area contributed by atoms with Gasteiger partial charge >= 0.3 is 0 Å². The molecule has 1 unspecified atom stereocenters. The van der Waals surface area contributed by atoms with E-state index in [1.165, 1.54) is 11.3 Å². The standard InChI is InChI=1S/C11H11Br2NOS/c1-6(2)3-7(5-14)10(15)8-4-9(12)16-11(8)13/h4,6-7H,3H2,1-2H3. The molecule has 2 nitrogen and oxygen atoms in total. The fourth-order valence-electron chi connectivity index (χ4n) is 1.39. The number of carbonyl (C=O) groups excluding carboxylic acids is 1. The molecule has 1 heterocycles. The van der Waals surface area contributed by atoms with Crippen molar-refractivity contribution in [3.8, 4) is 6.07 Å². The van der Waals surface area contributed by atoms with Crippen molar-refractivity contribution in [1.82, 2.24) is 0 Å². The highest BCUT2D eigenvalue weighted by Gasteiger charge is 2.24. The normalized spacial score (nSPS) is 12.5. The highest BCUT2D eigenvalue weighted by Crippen LogP contribution is 2.34. The van der Waals surface area contributed by atoms with Gasteiger partial charge in [-0.25, -0.2) is 0 Å². The number of hydrogen-bond acceptors (Lipinski definition) is 3. The van der Waals surface area contributed by atoms with E-state index in [0.717, 1.165) is 7.57 Å². The molecule has 0 spiro atoms. The van der Waals surface area contributed by atoms with E-state index in [0.29, 0.717) is 17.9 Å². The van der Waals surface area contributed by atoms with E-state index in [1.54, 1.807) is 6.07 Å². The lowest BCUT2D eigenvalue weighted by molar-refractivity contribution is 0.0936. The first-order valence-corrected chi connectivity index (χ1v) is 7.24. The van der Waals surface area contributed by atoms with Crippen molar-refractivity contribution in [2.75, 3.05) is 0 Å². The molecule has 1 atom stereocenters. The van der Waals surface area contributed by atoms with Gasteiger partial charge in [-0.3, -0.25) is 4.79 Å². The minimum absolute atomic E-state index is 0.0926. The molecular weight excluding hydrogens is 354 g/mol. The van der Waals surface area contributed by atoms with Crippen LogP contribution in [0.15, 0.2) is 13.6 Å². The van der Waals surface area contributed by atoms with Gasteiger partial charge in [0.05, 0.1) is 13.6 Å². The summed E-state index contributed by atoms with van der Waals surface area (Å²) in [5, 5.41) is 9.01. The second kappa shape index (κ2) is 5.95. The largest absolute Gasteiger partial charge is 0.293 e. The van der Waals surface area contributed by atoms with Gasteiger partial charge in [0.25, 0.3) is 0 Å². The summed E-state index contributed by atoms with van der Waals surface area (Å²) in [6.45, 7) is 4.02. The molecule has 0 aliphatic heterocycles. The van der Waals surface area contributed by atoms with Crippen molar-refractivity contribution in [3.63, 3.8) is 0 Å². The van der Waals surface area contributed by atoms with E-state index >= 15 is 0 Å². The molecule has 5 heteroatoms. The van der Waals surface area contributed by atoms with Gasteiger partial charge in [0.15, 0.2) is 5.78 Å². The molecule has 0 bridgehead atoms. The van der Waals surface area contributed by atoms with Crippen LogP contribution in [0.5, 0.6) is 0 Å². The van der Waals surface area contributed by atoms with Crippen LogP contribution in [0, 0.1) is 23.2 Å². The van der Waals surface area contributed by atoms with Gasteiger partial charge in [0.1, 0.15) is 5.92 Å². The number of Topliss-reactive ketones (excluding diaryl/α,β-unsaturated/α-hetero) is 1. The van der Waals surface area contributed by atoms with Gasteiger partial charge in [-0.1, -0.05) is 13.8 Å². The predicted octanol–water partition coefficient (Wildman–Crippen LogP) is 4.64. The van der Waals surface area contributed by atoms with Gasteiger partial charge in [-0.2, -0.15) is 5.26 Å². The zero-order valence-electron chi connectivity index (χ0n) is 8.96. The molecular formula is C11H11Br2NOS. The smallest absolute Gasteiger partial charge is 0.182 e. The van der Waals surface area contributed by atoms with E-state index in [2.05, 4.69) is 37.9 Å². The van der Waals surface area contributed by atoms with Crippen molar-refractivity contribution in [1.29, 1.82) is 5.26 Å². The van der Waals surface area contributed by atoms with Gasteiger partial charge in [-0.05, 0) is 50.3 Å². The fourth-order valence-corrected chi connectivity index (χ4v) is 4.20. The number of thiophene rings is 1. The molecule has 0 aliphatic rings. The lowest BCUT2D eigenvalue weighted by atomic mass is 9.92. The minimum Gasteiger partial charge on any atom is -0.293 e. The Labute approximate surface area is 116 Å². The predicted molar refractivity (Wildman–Crippen MR) is 72.6 cm³/mol. The maximum absolute atomic E-state index is 12.1. The first-order valence-electron chi connectivity index (χ1n) is 4.84. The molecule has 0 aromatic carbocycles. The number of rotatable bonds is 4. The summed E-state index contributed by atoms with van der Waals surface area (Å²) in [5.41, 5.74) is 0.601. The molecule has 0 fully saturated rings. The summed E-state index contributed by atoms with van der Waals surface area (Å²) >= 11 is 8.11. The summed E-state index contributed by atoms with van der Waals surface area (Å²) in [4.78, 5) is 12.1. The molecule has 1 rings (SSSR count). The molecule has 0 saturated carbocycles. The van der Waals surface area contributed by atoms with E-state index in [4.69, 9.17) is 5.26 Å². The first kappa shape index (κ1) is 13.9. The van der Waals surface area contributed by atoms with Crippen molar-refractivity contribution in [3.05, 3.63) is 19.2 Å². The summed E-state index contributed by atoms with van der Waals surface area (Å²) in [6.07, 6.45) is 0.606. The van der Waals surface area contributed by atoms with E-state index in [9.17, 15) is 4.79 Å². The van der Waals surface area contributed by atoms with Crippen LogP contribution in [0.2, 0.25) is 0 Å². The van der Waals surface area contributed by atoms with Crippen molar-refractivity contribution in [2.45, 2.75) is 20.3 Å². The third-order valence-electron chi connectivity index (χ3n) is 2.10. The minimum atomic E-state index is -0.544. The molecule has 1 aromatic heterocycles. The molecule has 86 valence electrons. The Hall–Kier alpha value is -0.180. The highest BCUT2D eigenvalue weighted by molar-refractivity contribution is 9.12. The third-order valence-corrected chi connectivity index (χ3v) is 4.44. The Balaban J connectivity index is 2.92. The SMILES string of the molecule is CC(C)CC(C#N)C(=O)c1cc(Br)sc1Br. The number of nitriles is 1. The van der Waals surface area contributed by atoms with Crippen LogP contribution in [0.3, 0.4) is 0 Å². The fraction of sp³-hybridized carbons (Fsp3) is 0.455. The van der Waals surface area contributed by atoms with Crippen molar-refractivity contribution < 1.29 is 4.79 Å². The van der Waals surface area contributed by atoms with Crippen LogP contribution in [0.1, 0.15) is 30.6 Å². The zero-order chi connectivity index (χ0) is 12.3. The Morgan fingerprint density at radius 2 is 2.19 bits per heavy atom. The number of hydrogen-bond donors (Lipinski definition) is 0. The monoisotopic (exact) mass is 363 g/mol. The summed E-state index contributed by atoms with van der Waals surface area (Å²) in [6, 6.07) is 3.85. The number of carbonyl (C=O) groups is 1. The highest BCUT2D eigenvalue weighted by atomic mass is 79.9. The Kier molecular flexibility index (Phi) is 5.16. The van der Waals surface area contributed by atoms with Crippen LogP contribution < -0.4 is 0 Å². The molecule has 0 aliphatic carbocycles. The Morgan fingerprint density at radius 3 is 2.56 bits per heavy atom. The van der Waals surface area contributed by atoms with E-state index < -0.39 is 5.92 Å². The maximum Gasteiger partial charge on any atom is 0.182 e. The van der Waals surface area contributed by atoms with Crippen molar-refractivity contribution >= 4 is 49.0 Å². The molecule has 16 heavy (non-hydrogen) atoms. The van der Waals surface area contributed by atoms with E-state index in [1.807, 2.05) is 13.8 Å². The van der Waals surface area contributed by atoms with Crippen LogP contribution in [0.25, 0.3) is 0 Å². The molecule has 1 aromatic rings. The summed E-state index contributed by atoms with van der Waals surface area (Å²) in [5.74, 6) is -0.294. The van der Waals surface area contributed by atoms with Crippen LogP contribution in [0.4, 0.5) is 0 Å². The number of nitrogens with zero attached hydrogens (tertiary/aromatic N) is 1. The second-order valence-electron chi connectivity index (χ2n) is 3.91. The van der Waals surface area contributed by atoms with Gasteiger partial charge in [0.2, 0.25) is 0 Å². The molecule has 0 amide bonds. The Bertz CT molecular complexity index is 434. The number of ketones is 1. The zero-order valence-corrected chi connectivity index (χ0v) is 12.9. The second-order valence-corrected chi connectivity index (χ2v) is 7.66.